The summed E-state index contributed by atoms with van der Waals surface area (Å²) in [6, 6.07) is 8.56. The second-order valence-electron chi connectivity index (χ2n) is 4.66. The molecule has 122 valence electrons. The van der Waals surface area contributed by atoms with Gasteiger partial charge in [0, 0.05) is 28.1 Å². The Morgan fingerprint density at radius 1 is 1.22 bits per heavy atom. The summed E-state index contributed by atoms with van der Waals surface area (Å²) >= 11 is 7.12. The fourth-order valence-corrected chi connectivity index (χ4v) is 3.38. The lowest BCUT2D eigenvalue weighted by molar-refractivity contribution is -0.139. The molecule has 0 aliphatic heterocycles. The van der Waals surface area contributed by atoms with Gasteiger partial charge in [0.1, 0.15) is 0 Å². The van der Waals surface area contributed by atoms with E-state index in [0.717, 1.165) is 17.8 Å². The zero-order valence-corrected chi connectivity index (χ0v) is 13.9. The van der Waals surface area contributed by atoms with Crippen molar-refractivity contribution in [3.63, 3.8) is 0 Å². The molecule has 0 atom stereocenters. The Kier molecular flexibility index (Phi) is 5.26. The molecule has 0 bridgehead atoms. The molecule has 0 spiro atoms. The molecule has 23 heavy (non-hydrogen) atoms. The zero-order valence-electron chi connectivity index (χ0n) is 12.3. The van der Waals surface area contributed by atoms with Crippen molar-refractivity contribution >= 4 is 29.3 Å². The number of nitrogens with one attached hydrogen (secondary N) is 1. The highest BCUT2D eigenvalue weighted by Gasteiger charge is 2.35. The number of amides is 1. The maximum atomic E-state index is 13.2. The van der Waals surface area contributed by atoms with Gasteiger partial charge in [-0.25, -0.2) is 0 Å². The highest BCUT2D eigenvalue weighted by atomic mass is 35.5. The van der Waals surface area contributed by atoms with Gasteiger partial charge in [-0.3, -0.25) is 4.79 Å². The third kappa shape index (κ3) is 3.64. The van der Waals surface area contributed by atoms with Crippen molar-refractivity contribution in [2.75, 3.05) is 13.3 Å². The summed E-state index contributed by atoms with van der Waals surface area (Å²) in [5, 5.41) is 2.69. The van der Waals surface area contributed by atoms with Crippen LogP contribution in [0.3, 0.4) is 0 Å². The van der Waals surface area contributed by atoms with Crippen LogP contribution in [0.15, 0.2) is 41.3 Å². The Balaban J connectivity index is 2.70. The molecule has 0 aromatic heterocycles. The maximum Gasteiger partial charge on any atom is 0.417 e. The third-order valence-corrected chi connectivity index (χ3v) is 4.40. The standard InChI is InChI=1S/C16H13ClF3NOS/c1-21-15(22)10-5-3-4-9(8-10)13-12(17)7-6-11(14(13)23-2)16(18,19)20/h3-8H,1-2H3,(H,21,22). The minimum absolute atomic E-state index is 0.0408. The molecule has 2 rings (SSSR count). The first-order chi connectivity index (χ1) is 10.8. The Morgan fingerprint density at radius 2 is 1.91 bits per heavy atom. The molecule has 0 unspecified atom stereocenters. The number of rotatable bonds is 3. The SMILES string of the molecule is CNC(=O)c1cccc(-c2c(Cl)ccc(C(F)(F)F)c2SC)c1. The summed E-state index contributed by atoms with van der Waals surface area (Å²) in [6.45, 7) is 0. The van der Waals surface area contributed by atoms with Crippen LogP contribution in [0.4, 0.5) is 13.2 Å². The second-order valence-corrected chi connectivity index (χ2v) is 5.88. The van der Waals surface area contributed by atoms with E-state index < -0.39 is 11.7 Å². The topological polar surface area (TPSA) is 29.1 Å². The number of hydrogen-bond acceptors (Lipinski definition) is 2. The molecule has 1 N–H and O–H groups in total. The summed E-state index contributed by atoms with van der Waals surface area (Å²) in [7, 11) is 1.49. The normalized spacial score (nSPS) is 11.4. The van der Waals surface area contributed by atoms with Gasteiger partial charge in [-0.2, -0.15) is 13.2 Å². The average Bonchev–Trinajstić information content (AvgIpc) is 2.52. The van der Waals surface area contributed by atoms with Crippen molar-refractivity contribution in [1.29, 1.82) is 0 Å². The van der Waals surface area contributed by atoms with Crippen LogP contribution in [0.5, 0.6) is 0 Å². The van der Waals surface area contributed by atoms with Gasteiger partial charge in [-0.15, -0.1) is 11.8 Å². The summed E-state index contributed by atoms with van der Waals surface area (Å²) in [5.74, 6) is -0.319. The van der Waals surface area contributed by atoms with E-state index in [2.05, 4.69) is 5.32 Å². The highest BCUT2D eigenvalue weighted by Crippen LogP contribution is 2.44. The molecular weight excluding hydrogens is 347 g/mol. The number of hydrogen-bond donors (Lipinski definition) is 1. The first kappa shape index (κ1) is 17.7. The largest absolute Gasteiger partial charge is 0.417 e. The number of halogens is 4. The molecule has 1 amide bonds. The zero-order chi connectivity index (χ0) is 17.2. The van der Waals surface area contributed by atoms with Crippen LogP contribution < -0.4 is 5.32 Å². The molecule has 0 fully saturated rings. The molecule has 7 heteroatoms. The number of benzene rings is 2. The Morgan fingerprint density at radius 3 is 2.48 bits per heavy atom. The number of alkyl halides is 3. The van der Waals surface area contributed by atoms with Crippen LogP contribution in [0, 0.1) is 0 Å². The van der Waals surface area contributed by atoms with Gasteiger partial charge < -0.3 is 5.32 Å². The van der Waals surface area contributed by atoms with E-state index in [1.165, 1.54) is 19.2 Å². The molecule has 0 aliphatic rings. The molecule has 2 aromatic carbocycles. The fraction of sp³-hybridized carbons (Fsp3) is 0.188. The van der Waals surface area contributed by atoms with Crippen LogP contribution in [-0.2, 0) is 6.18 Å². The summed E-state index contributed by atoms with van der Waals surface area (Å²) < 4.78 is 39.6. The number of thioether (sulfide) groups is 1. The molecular formula is C16H13ClF3NOS. The summed E-state index contributed by atoms with van der Waals surface area (Å²) in [4.78, 5) is 11.8. The van der Waals surface area contributed by atoms with Crippen molar-refractivity contribution < 1.29 is 18.0 Å². The minimum Gasteiger partial charge on any atom is -0.355 e. The van der Waals surface area contributed by atoms with Gasteiger partial charge in [-0.1, -0.05) is 23.7 Å². The van der Waals surface area contributed by atoms with Crippen molar-refractivity contribution in [2.45, 2.75) is 11.1 Å². The monoisotopic (exact) mass is 359 g/mol. The van der Waals surface area contributed by atoms with Crippen LogP contribution in [-0.4, -0.2) is 19.2 Å². The molecule has 0 saturated carbocycles. The molecule has 0 aliphatic carbocycles. The lowest BCUT2D eigenvalue weighted by Gasteiger charge is -2.17. The van der Waals surface area contributed by atoms with Gasteiger partial charge in [0.25, 0.3) is 5.91 Å². The lowest BCUT2D eigenvalue weighted by Crippen LogP contribution is -2.17. The second kappa shape index (κ2) is 6.84. The van der Waals surface area contributed by atoms with Crippen LogP contribution in [0.25, 0.3) is 11.1 Å². The van der Waals surface area contributed by atoms with E-state index in [0.29, 0.717) is 11.1 Å². The summed E-state index contributed by atoms with van der Waals surface area (Å²) in [6.07, 6.45) is -2.91. The first-order valence-corrected chi connectivity index (χ1v) is 8.16. The van der Waals surface area contributed by atoms with Crippen LogP contribution in [0.2, 0.25) is 5.02 Å². The third-order valence-electron chi connectivity index (χ3n) is 3.26. The molecule has 0 saturated heterocycles. The fourth-order valence-electron chi connectivity index (χ4n) is 2.22. The van der Waals surface area contributed by atoms with Crippen LogP contribution in [0.1, 0.15) is 15.9 Å². The predicted molar refractivity (Wildman–Crippen MR) is 87.1 cm³/mol. The predicted octanol–water partition coefficient (Wildman–Crippen LogP) is 5.11. The van der Waals surface area contributed by atoms with E-state index in [1.54, 1.807) is 24.5 Å². The lowest BCUT2D eigenvalue weighted by atomic mass is 10.00. The molecule has 2 aromatic rings. The number of carbonyl (C=O) groups is 1. The Hall–Kier alpha value is -1.66. The average molecular weight is 360 g/mol. The smallest absolute Gasteiger partial charge is 0.355 e. The quantitative estimate of drug-likeness (QED) is 0.772. The Labute approximate surface area is 141 Å². The first-order valence-electron chi connectivity index (χ1n) is 6.55. The van der Waals surface area contributed by atoms with Gasteiger partial charge in [0.05, 0.1) is 5.56 Å². The van der Waals surface area contributed by atoms with Gasteiger partial charge in [0.15, 0.2) is 0 Å². The van der Waals surface area contributed by atoms with E-state index in [1.807, 2.05) is 0 Å². The minimum atomic E-state index is -4.48. The van der Waals surface area contributed by atoms with E-state index in [-0.39, 0.29) is 21.4 Å². The molecule has 0 heterocycles. The van der Waals surface area contributed by atoms with Crippen molar-refractivity contribution in [3.8, 4) is 11.1 Å². The van der Waals surface area contributed by atoms with Crippen molar-refractivity contribution in [3.05, 3.63) is 52.5 Å². The maximum absolute atomic E-state index is 13.2. The highest BCUT2D eigenvalue weighted by molar-refractivity contribution is 7.98. The molecule has 2 nitrogen and oxygen atoms in total. The van der Waals surface area contributed by atoms with Crippen molar-refractivity contribution in [2.24, 2.45) is 0 Å². The molecule has 0 radical (unpaired) electrons. The van der Waals surface area contributed by atoms with E-state index in [4.69, 9.17) is 11.6 Å². The van der Waals surface area contributed by atoms with E-state index >= 15 is 0 Å². The number of carbonyl (C=O) groups excluding carboxylic acids is 1. The van der Waals surface area contributed by atoms with Crippen molar-refractivity contribution in [1.82, 2.24) is 5.32 Å². The van der Waals surface area contributed by atoms with Gasteiger partial charge >= 0.3 is 6.18 Å². The van der Waals surface area contributed by atoms with E-state index in [9.17, 15) is 18.0 Å². The summed E-state index contributed by atoms with van der Waals surface area (Å²) in [5.41, 5.74) is 0.353. The van der Waals surface area contributed by atoms with Gasteiger partial charge in [-0.05, 0) is 36.1 Å². The van der Waals surface area contributed by atoms with Crippen LogP contribution >= 0.6 is 23.4 Å². The van der Waals surface area contributed by atoms with Gasteiger partial charge in [0.2, 0.25) is 0 Å². The Bertz CT molecular complexity index is 747.